The molecule has 4 aromatic carbocycles. The summed E-state index contributed by atoms with van der Waals surface area (Å²) in [5, 5.41) is 123. The molecule has 0 spiro atoms. The molecule has 6 rings (SSSR count). The summed E-state index contributed by atoms with van der Waals surface area (Å²) in [4.78, 5) is 67.4. The second kappa shape index (κ2) is 15.0. The zero-order chi connectivity index (χ0) is 43.4. The van der Waals surface area contributed by atoms with E-state index in [2.05, 4.69) is 0 Å². The number of ether oxygens (including phenoxy) is 6. The Balaban J connectivity index is 1.56. The average Bonchev–Trinajstić information content (AvgIpc) is 3.18. The van der Waals surface area contributed by atoms with E-state index in [0.29, 0.717) is 36.4 Å². The first kappa shape index (κ1) is 40.5. The molecule has 0 radical (unpaired) electrons. The Bertz CT molecular complexity index is 2410. The molecule has 1 fully saturated rings. The van der Waals surface area contributed by atoms with Crippen LogP contribution in [0.3, 0.4) is 0 Å². The molecule has 12 N–H and O–H groups in total. The lowest BCUT2D eigenvalue weighted by molar-refractivity contribution is -0.289. The fourth-order valence-corrected chi connectivity index (χ4v) is 6.04. The number of hydrogen-bond donors (Lipinski definition) is 12. The normalized spacial score (nSPS) is 20.0. The first-order valence-corrected chi connectivity index (χ1v) is 16.4. The SMILES string of the molecule is CC(=O)O[C@H]1O[C@H]2COC(=O)c3cc(O)c(O)c(O)c3-c3c(cc(O)c(O)c3O)C(=O)OC2C(OC(=O)c2cc(O)c(O)c(O)c2)[C@H]1OC(=O)c1cc(O)c(O)c(O)c1. The molecule has 2 heterocycles. The number of carbonyl (C=O) groups excluding carboxylic acids is 5. The molecule has 2 aliphatic heterocycles. The lowest BCUT2D eigenvalue weighted by Gasteiger charge is -2.43. The van der Waals surface area contributed by atoms with Gasteiger partial charge < -0.3 is 89.7 Å². The Morgan fingerprint density at radius 1 is 0.542 bits per heavy atom. The Morgan fingerprint density at radius 3 is 1.39 bits per heavy atom. The predicted octanol–water partition coefficient (Wildman–Crippen LogP) is 1.26. The second-order valence-electron chi connectivity index (χ2n) is 12.6. The summed E-state index contributed by atoms with van der Waals surface area (Å²) in [6.45, 7) is -0.286. The van der Waals surface area contributed by atoms with E-state index < -0.39 is 170 Å². The van der Waals surface area contributed by atoms with Crippen molar-refractivity contribution in [1.29, 1.82) is 0 Å². The van der Waals surface area contributed by atoms with Crippen LogP contribution in [0.25, 0.3) is 11.1 Å². The second-order valence-corrected chi connectivity index (χ2v) is 12.6. The van der Waals surface area contributed by atoms with Crippen molar-refractivity contribution in [2.45, 2.75) is 37.6 Å². The summed E-state index contributed by atoms with van der Waals surface area (Å²) in [5.41, 5.74) is -5.39. The molecule has 5 atom stereocenters. The van der Waals surface area contributed by atoms with Gasteiger partial charge in [0.1, 0.15) is 12.7 Å². The number of cyclic esters (lactones) is 1. The Morgan fingerprint density at radius 2 is 0.949 bits per heavy atom. The summed E-state index contributed by atoms with van der Waals surface area (Å²) < 4.78 is 32.9. The quantitative estimate of drug-likeness (QED) is 0.0765. The highest BCUT2D eigenvalue weighted by atomic mass is 16.7. The molecule has 0 saturated carbocycles. The molecular weight excluding hydrogens is 800 g/mol. The highest BCUT2D eigenvalue weighted by Gasteiger charge is 2.55. The minimum atomic E-state index is -2.35. The van der Waals surface area contributed by atoms with Gasteiger partial charge in [-0.1, -0.05) is 0 Å². The van der Waals surface area contributed by atoms with Crippen LogP contribution < -0.4 is 0 Å². The molecule has 2 aliphatic rings. The predicted molar refractivity (Wildman–Crippen MR) is 183 cm³/mol. The molecule has 23 heteroatoms. The smallest absolute Gasteiger partial charge is 0.339 e. The Labute approximate surface area is 326 Å². The van der Waals surface area contributed by atoms with Gasteiger partial charge in [0.25, 0.3) is 0 Å². The lowest BCUT2D eigenvalue weighted by Crippen LogP contribution is -2.63. The van der Waals surface area contributed by atoms with Crippen molar-refractivity contribution in [2.24, 2.45) is 0 Å². The fraction of sp³-hybridized carbons (Fsp3) is 0.194. The number of carbonyl (C=O) groups is 5. The fourth-order valence-electron chi connectivity index (χ4n) is 6.04. The van der Waals surface area contributed by atoms with Crippen LogP contribution >= 0.6 is 0 Å². The van der Waals surface area contributed by atoms with Crippen molar-refractivity contribution in [1.82, 2.24) is 0 Å². The number of benzene rings is 4. The van der Waals surface area contributed by atoms with Gasteiger partial charge in [-0.25, -0.2) is 19.2 Å². The van der Waals surface area contributed by atoms with E-state index in [4.69, 9.17) is 28.4 Å². The van der Waals surface area contributed by atoms with Crippen molar-refractivity contribution >= 4 is 29.8 Å². The zero-order valence-corrected chi connectivity index (χ0v) is 29.4. The van der Waals surface area contributed by atoms with E-state index in [9.17, 15) is 85.3 Å². The summed E-state index contributed by atoms with van der Waals surface area (Å²) >= 11 is 0. The van der Waals surface area contributed by atoms with Gasteiger partial charge in [-0.2, -0.15) is 0 Å². The van der Waals surface area contributed by atoms with Gasteiger partial charge in [0.15, 0.2) is 69.7 Å². The first-order valence-electron chi connectivity index (χ1n) is 16.4. The molecule has 1 saturated heterocycles. The van der Waals surface area contributed by atoms with Crippen LogP contribution in [0.5, 0.6) is 69.0 Å². The first-order chi connectivity index (χ1) is 27.7. The highest BCUT2D eigenvalue weighted by Crippen LogP contribution is 2.53. The largest absolute Gasteiger partial charge is 0.504 e. The van der Waals surface area contributed by atoms with Crippen LogP contribution in [0, 0.1) is 0 Å². The van der Waals surface area contributed by atoms with Crippen LogP contribution in [0.15, 0.2) is 36.4 Å². The molecule has 0 aromatic heterocycles. The van der Waals surface area contributed by atoms with Crippen molar-refractivity contribution in [2.75, 3.05) is 6.61 Å². The van der Waals surface area contributed by atoms with Gasteiger partial charge >= 0.3 is 29.8 Å². The third kappa shape index (κ3) is 7.30. The maximum Gasteiger partial charge on any atom is 0.339 e. The molecule has 59 heavy (non-hydrogen) atoms. The van der Waals surface area contributed by atoms with E-state index in [1.807, 2.05) is 0 Å². The minimum Gasteiger partial charge on any atom is -0.504 e. The topological polar surface area (TPSA) is 383 Å². The molecular formula is C36H28O23. The average molecular weight is 829 g/mol. The van der Waals surface area contributed by atoms with Crippen LogP contribution in [-0.2, 0) is 33.2 Å². The Kier molecular flexibility index (Phi) is 10.3. The molecule has 0 bridgehead atoms. The van der Waals surface area contributed by atoms with Crippen LogP contribution in [0.1, 0.15) is 48.4 Å². The van der Waals surface area contributed by atoms with Crippen molar-refractivity contribution in [3.8, 4) is 80.1 Å². The summed E-state index contributed by atoms with van der Waals surface area (Å²) in [5.74, 6) is -21.6. The lowest BCUT2D eigenvalue weighted by atomic mass is 9.92. The van der Waals surface area contributed by atoms with Gasteiger partial charge in [-0.15, -0.1) is 0 Å². The zero-order valence-electron chi connectivity index (χ0n) is 29.4. The third-order valence-corrected chi connectivity index (χ3v) is 8.79. The summed E-state index contributed by atoms with van der Waals surface area (Å²) in [7, 11) is 0. The highest BCUT2D eigenvalue weighted by molar-refractivity contribution is 6.08. The number of phenols is 12. The van der Waals surface area contributed by atoms with Gasteiger partial charge in [-0.05, 0) is 36.4 Å². The van der Waals surface area contributed by atoms with E-state index in [1.54, 1.807) is 0 Å². The number of aromatic hydroxyl groups is 12. The number of esters is 5. The van der Waals surface area contributed by atoms with Crippen LogP contribution in [-0.4, -0.2) is 128 Å². The maximum absolute atomic E-state index is 14.2. The van der Waals surface area contributed by atoms with E-state index in [-0.39, 0.29) is 0 Å². The van der Waals surface area contributed by atoms with Gasteiger partial charge in [0.2, 0.25) is 23.9 Å². The standard InChI is InChI=1S/C36H28O23/c1-9(37)55-36-31(59-33(51)11-4-16(40)24(45)17(41)5-11)30(58-32(50)10-2-14(38)23(44)15(39)3-10)29-20(56-36)8-54-34(52)12-6-18(42)25(46)27(48)21(12)22-13(35(53)57-29)7-19(43)26(47)28(22)49/h2-7,20,29-31,36,38-49H,8H2,1H3/t20-,29?,30?,31+,36-/m0/s1. The number of rotatable bonds is 5. The third-order valence-electron chi connectivity index (χ3n) is 8.79. The monoisotopic (exact) mass is 828 g/mol. The Hall–Kier alpha value is -8.21. The summed E-state index contributed by atoms with van der Waals surface area (Å²) in [6, 6.07) is 3.37. The molecule has 0 amide bonds. The van der Waals surface area contributed by atoms with E-state index >= 15 is 0 Å². The van der Waals surface area contributed by atoms with Crippen molar-refractivity contribution in [3.05, 3.63) is 58.7 Å². The molecule has 310 valence electrons. The molecule has 2 unspecified atom stereocenters. The molecule has 23 nitrogen and oxygen atoms in total. The summed E-state index contributed by atoms with van der Waals surface area (Å²) in [6.07, 6.45) is -11.1. The van der Waals surface area contributed by atoms with E-state index in [1.165, 1.54) is 0 Å². The minimum absolute atomic E-state index is 0.452. The van der Waals surface area contributed by atoms with Gasteiger partial charge in [0, 0.05) is 18.1 Å². The number of phenolic OH excluding ortho intramolecular Hbond substituents is 12. The van der Waals surface area contributed by atoms with E-state index in [0.717, 1.165) is 6.92 Å². The van der Waals surface area contributed by atoms with Crippen molar-refractivity contribution in [3.63, 3.8) is 0 Å². The van der Waals surface area contributed by atoms with Crippen LogP contribution in [0.2, 0.25) is 0 Å². The maximum atomic E-state index is 14.2. The molecule has 0 aliphatic carbocycles. The number of fused-ring (bicyclic) bond motifs is 4. The molecule has 4 aromatic rings. The van der Waals surface area contributed by atoms with Gasteiger partial charge in [-0.3, -0.25) is 4.79 Å². The van der Waals surface area contributed by atoms with Crippen molar-refractivity contribution < 1.29 is 114 Å². The van der Waals surface area contributed by atoms with Gasteiger partial charge in [0.05, 0.1) is 22.3 Å². The van der Waals surface area contributed by atoms with Crippen LogP contribution in [0.4, 0.5) is 0 Å². The number of hydrogen-bond acceptors (Lipinski definition) is 23.